The predicted octanol–water partition coefficient (Wildman–Crippen LogP) is 2.54. The summed E-state index contributed by atoms with van der Waals surface area (Å²) in [5.74, 6) is 1.94. The topological polar surface area (TPSA) is 26.3 Å². The lowest BCUT2D eigenvalue weighted by Crippen LogP contribution is -2.24. The maximum Gasteiger partial charge on any atom is 0.310 e. The molecule has 0 unspecified atom stereocenters. The summed E-state index contributed by atoms with van der Waals surface area (Å²) in [5.41, 5.74) is 0. The van der Waals surface area contributed by atoms with Gasteiger partial charge in [0, 0.05) is 5.92 Å². The molecule has 0 amide bonds. The number of carbonyl (C=O) groups is 1. The summed E-state index contributed by atoms with van der Waals surface area (Å²) < 4.78 is 5.53. The van der Waals surface area contributed by atoms with Crippen LogP contribution in [0.15, 0.2) is 12.2 Å². The molecule has 0 radical (unpaired) electrons. The number of fused-ring (bicyclic) bond motifs is 5. The molecule has 82 valence electrons. The van der Waals surface area contributed by atoms with Crippen molar-refractivity contribution in [1.82, 2.24) is 0 Å². The summed E-state index contributed by atoms with van der Waals surface area (Å²) in [4.78, 5) is 11.8. The Kier molecular flexibility index (Phi) is 2.11. The lowest BCUT2D eigenvalue weighted by Gasteiger charge is -2.21. The Morgan fingerprint density at radius 3 is 3.00 bits per heavy atom. The van der Waals surface area contributed by atoms with Crippen LogP contribution < -0.4 is 0 Å². The Labute approximate surface area is 90.7 Å². The second-order valence-corrected chi connectivity index (χ2v) is 5.17. The van der Waals surface area contributed by atoms with Crippen molar-refractivity contribution in [2.75, 3.05) is 0 Å². The number of carbonyl (C=O) groups excluding carboxylic acids is 1. The van der Waals surface area contributed by atoms with Crippen LogP contribution in [0.1, 0.15) is 32.6 Å². The van der Waals surface area contributed by atoms with Crippen LogP contribution in [0.3, 0.4) is 0 Å². The smallest absolute Gasteiger partial charge is 0.310 e. The second kappa shape index (κ2) is 3.36. The first-order valence-corrected chi connectivity index (χ1v) is 6.20. The van der Waals surface area contributed by atoms with Crippen LogP contribution in [-0.4, -0.2) is 12.1 Å². The van der Waals surface area contributed by atoms with Gasteiger partial charge in [-0.15, -0.1) is 0 Å². The van der Waals surface area contributed by atoms with Gasteiger partial charge < -0.3 is 4.74 Å². The monoisotopic (exact) mass is 206 g/mol. The van der Waals surface area contributed by atoms with E-state index in [4.69, 9.17) is 4.74 Å². The third-order valence-corrected chi connectivity index (χ3v) is 4.33. The Morgan fingerprint density at radius 1 is 1.40 bits per heavy atom. The Hall–Kier alpha value is -0.790. The van der Waals surface area contributed by atoms with Crippen LogP contribution in [0.25, 0.3) is 0 Å². The third-order valence-electron chi connectivity index (χ3n) is 4.33. The fourth-order valence-corrected chi connectivity index (χ4v) is 3.66. The number of esters is 1. The van der Waals surface area contributed by atoms with Crippen molar-refractivity contribution in [3.05, 3.63) is 12.2 Å². The second-order valence-electron chi connectivity index (χ2n) is 5.17. The molecular formula is C13H18O2. The molecule has 1 aliphatic heterocycles. The van der Waals surface area contributed by atoms with Crippen LogP contribution in [0, 0.1) is 23.7 Å². The molecular weight excluding hydrogens is 188 g/mol. The summed E-state index contributed by atoms with van der Waals surface area (Å²) >= 11 is 0. The van der Waals surface area contributed by atoms with E-state index in [9.17, 15) is 4.79 Å². The molecule has 2 bridgehead atoms. The maximum atomic E-state index is 11.8. The number of allylic oxidation sites excluding steroid dienone is 2. The molecule has 0 aromatic heterocycles. The number of cyclic esters (lactones) is 1. The molecule has 0 spiro atoms. The van der Waals surface area contributed by atoms with Crippen LogP contribution in [0.2, 0.25) is 0 Å². The van der Waals surface area contributed by atoms with Crippen molar-refractivity contribution in [3.8, 4) is 0 Å². The molecule has 2 fully saturated rings. The van der Waals surface area contributed by atoms with Gasteiger partial charge in [-0.2, -0.15) is 0 Å². The molecule has 2 aliphatic carbocycles. The summed E-state index contributed by atoms with van der Waals surface area (Å²) in [6.07, 6.45) is 9.41. The Balaban J connectivity index is 1.78. The minimum Gasteiger partial charge on any atom is -0.462 e. The largest absolute Gasteiger partial charge is 0.462 e. The molecule has 2 heteroatoms. The molecule has 15 heavy (non-hydrogen) atoms. The van der Waals surface area contributed by atoms with Crippen molar-refractivity contribution >= 4 is 5.97 Å². The molecule has 1 saturated carbocycles. The predicted molar refractivity (Wildman–Crippen MR) is 57.1 cm³/mol. The van der Waals surface area contributed by atoms with Gasteiger partial charge in [0.05, 0.1) is 5.92 Å². The standard InChI is InChI=1S/C13H18O2/c1-2-3-4-10-11-8-5-6-9(7-8)12(11)13(14)15-10/h5-6,8-12H,2-4,7H2,1H3/t8-,9+,10+,11+,12+/m0/s1. The lowest BCUT2D eigenvalue weighted by molar-refractivity contribution is -0.145. The fraction of sp³-hybridized carbons (Fsp3) is 0.769. The van der Waals surface area contributed by atoms with E-state index in [-0.39, 0.29) is 18.0 Å². The van der Waals surface area contributed by atoms with Gasteiger partial charge in [-0.25, -0.2) is 0 Å². The lowest BCUT2D eigenvalue weighted by atomic mass is 9.80. The SMILES string of the molecule is CCCC[C@H]1OC(=O)[C@H]2[C@@H]1[C@H]1C=C[C@@H]2C1. The molecule has 1 saturated heterocycles. The van der Waals surface area contributed by atoms with E-state index in [2.05, 4.69) is 19.1 Å². The molecule has 3 aliphatic rings. The minimum absolute atomic E-state index is 0.0814. The van der Waals surface area contributed by atoms with E-state index in [1.165, 1.54) is 19.3 Å². The van der Waals surface area contributed by atoms with Crippen molar-refractivity contribution in [1.29, 1.82) is 0 Å². The van der Waals surface area contributed by atoms with Crippen molar-refractivity contribution in [2.45, 2.75) is 38.7 Å². The van der Waals surface area contributed by atoms with Crippen LogP contribution in [0.4, 0.5) is 0 Å². The van der Waals surface area contributed by atoms with Gasteiger partial charge in [-0.3, -0.25) is 4.79 Å². The average molecular weight is 206 g/mol. The number of ether oxygens (including phenoxy) is 1. The summed E-state index contributed by atoms with van der Waals surface area (Å²) in [5, 5.41) is 0. The zero-order valence-corrected chi connectivity index (χ0v) is 9.19. The van der Waals surface area contributed by atoms with Crippen molar-refractivity contribution in [2.24, 2.45) is 23.7 Å². The van der Waals surface area contributed by atoms with E-state index in [0.717, 1.165) is 6.42 Å². The van der Waals surface area contributed by atoms with E-state index in [0.29, 0.717) is 17.8 Å². The number of unbranched alkanes of at least 4 members (excludes halogenated alkanes) is 1. The minimum atomic E-state index is 0.0814. The first-order valence-electron chi connectivity index (χ1n) is 6.20. The quantitative estimate of drug-likeness (QED) is 0.524. The maximum absolute atomic E-state index is 11.8. The first kappa shape index (κ1) is 9.44. The highest BCUT2D eigenvalue weighted by atomic mass is 16.6. The molecule has 0 aromatic carbocycles. The molecule has 0 aromatic rings. The van der Waals surface area contributed by atoms with Gasteiger partial charge in [-0.1, -0.05) is 31.9 Å². The number of rotatable bonds is 3. The summed E-state index contributed by atoms with van der Waals surface area (Å²) in [7, 11) is 0. The summed E-state index contributed by atoms with van der Waals surface area (Å²) in [6, 6.07) is 0. The molecule has 0 N–H and O–H groups in total. The molecule has 3 rings (SSSR count). The van der Waals surface area contributed by atoms with Gasteiger partial charge >= 0.3 is 5.97 Å². The number of hydrogen-bond acceptors (Lipinski definition) is 2. The normalized spacial score (nSPS) is 45.9. The zero-order chi connectivity index (χ0) is 10.4. The Bertz CT molecular complexity index is 308. The average Bonchev–Trinajstić information content (AvgIpc) is 2.88. The van der Waals surface area contributed by atoms with Gasteiger partial charge in [-0.05, 0) is 24.7 Å². The number of hydrogen-bond donors (Lipinski definition) is 0. The Morgan fingerprint density at radius 2 is 2.20 bits per heavy atom. The fourth-order valence-electron chi connectivity index (χ4n) is 3.66. The molecule has 5 atom stereocenters. The van der Waals surface area contributed by atoms with Crippen molar-refractivity contribution in [3.63, 3.8) is 0 Å². The zero-order valence-electron chi connectivity index (χ0n) is 9.19. The van der Waals surface area contributed by atoms with Gasteiger partial charge in [0.2, 0.25) is 0 Å². The molecule has 1 heterocycles. The van der Waals surface area contributed by atoms with E-state index in [1.807, 2.05) is 0 Å². The van der Waals surface area contributed by atoms with Crippen molar-refractivity contribution < 1.29 is 9.53 Å². The van der Waals surface area contributed by atoms with Crippen LogP contribution in [-0.2, 0) is 9.53 Å². The van der Waals surface area contributed by atoms with Gasteiger partial charge in [0.25, 0.3) is 0 Å². The third kappa shape index (κ3) is 1.27. The highest BCUT2D eigenvalue weighted by molar-refractivity contribution is 5.77. The van der Waals surface area contributed by atoms with E-state index < -0.39 is 0 Å². The van der Waals surface area contributed by atoms with Gasteiger partial charge in [0.1, 0.15) is 6.10 Å². The highest BCUT2D eigenvalue weighted by Crippen LogP contribution is 2.54. The summed E-state index contributed by atoms with van der Waals surface area (Å²) in [6.45, 7) is 2.19. The van der Waals surface area contributed by atoms with Crippen LogP contribution in [0.5, 0.6) is 0 Å². The first-order chi connectivity index (χ1) is 7.31. The van der Waals surface area contributed by atoms with E-state index >= 15 is 0 Å². The van der Waals surface area contributed by atoms with Gasteiger partial charge in [0.15, 0.2) is 0 Å². The van der Waals surface area contributed by atoms with E-state index in [1.54, 1.807) is 0 Å². The van der Waals surface area contributed by atoms with Crippen LogP contribution >= 0.6 is 0 Å². The highest BCUT2D eigenvalue weighted by Gasteiger charge is 2.57. The molecule has 2 nitrogen and oxygen atoms in total.